The van der Waals surface area contributed by atoms with Crippen LogP contribution < -0.4 is 5.73 Å². The molecular weight excluding hydrogens is 442 g/mol. The van der Waals surface area contributed by atoms with E-state index in [4.69, 9.17) is 10.9 Å². The lowest BCUT2D eigenvalue weighted by atomic mass is 9.85. The van der Waals surface area contributed by atoms with Gasteiger partial charge in [0.1, 0.15) is 0 Å². The summed E-state index contributed by atoms with van der Waals surface area (Å²) in [5, 5.41) is 14.7. The molecule has 36 heavy (non-hydrogen) atoms. The summed E-state index contributed by atoms with van der Waals surface area (Å²) in [7, 11) is 2.27. The van der Waals surface area contributed by atoms with Crippen LogP contribution in [0.2, 0.25) is 0 Å². The third kappa shape index (κ3) is 4.67. The van der Waals surface area contributed by atoms with Gasteiger partial charge in [-0.15, -0.1) is 0 Å². The minimum atomic E-state index is 0.139. The zero-order chi connectivity index (χ0) is 25.6. The molecule has 0 spiro atoms. The molecule has 3 aromatic rings. The van der Waals surface area contributed by atoms with E-state index in [9.17, 15) is 0 Å². The number of hydrogen-bond acceptors (Lipinski definition) is 3. The number of fused-ring (bicyclic) bond motifs is 2. The molecule has 1 aliphatic carbocycles. The maximum atomic E-state index is 9.15. The lowest BCUT2D eigenvalue weighted by Crippen LogP contribution is -2.35. The molecule has 0 saturated heterocycles. The summed E-state index contributed by atoms with van der Waals surface area (Å²) in [5.41, 5.74) is 13.8. The second-order valence-electron chi connectivity index (χ2n) is 11.5. The fourth-order valence-electron chi connectivity index (χ4n) is 6.10. The highest BCUT2D eigenvalue weighted by Crippen LogP contribution is 2.56. The molecule has 1 aliphatic heterocycles. The first-order valence-electron chi connectivity index (χ1n) is 13.3. The Morgan fingerprint density at radius 2 is 1.81 bits per heavy atom. The summed E-state index contributed by atoms with van der Waals surface area (Å²) in [4.78, 5) is 2.53. The standard InChI is InChI=1S/C32H39N3O/c1-19(2)6-7-22-14-26(15-23-10-11-25(17-27(22)23)32(33)34-36)29-18-28(29)24-9-8-21-12-13-35(5)31(20(3)4)30(21)16-24/h6-11,14-17,19-20,28-29,31,36H,12-13,18H2,1-5H3,(H2,33,34). The second-order valence-corrected chi connectivity index (χ2v) is 11.5. The minimum absolute atomic E-state index is 0.139. The molecule has 1 fully saturated rings. The van der Waals surface area contributed by atoms with Crippen molar-refractivity contribution in [2.45, 2.75) is 58.4 Å². The number of likely N-dealkylation sites (N-methyl/N-ethyl adjacent to an activating group) is 1. The van der Waals surface area contributed by atoms with Crippen molar-refractivity contribution in [3.63, 3.8) is 0 Å². The number of nitrogens with two attached hydrogens (primary N) is 1. The topological polar surface area (TPSA) is 61.8 Å². The van der Waals surface area contributed by atoms with E-state index in [0.717, 1.165) is 23.9 Å². The number of nitrogens with zero attached hydrogens (tertiary/aromatic N) is 2. The van der Waals surface area contributed by atoms with E-state index in [1.54, 1.807) is 0 Å². The van der Waals surface area contributed by atoms with Gasteiger partial charge >= 0.3 is 0 Å². The monoisotopic (exact) mass is 481 g/mol. The third-order valence-corrected chi connectivity index (χ3v) is 8.05. The first kappa shape index (κ1) is 24.6. The zero-order valence-electron chi connectivity index (χ0n) is 22.2. The summed E-state index contributed by atoms with van der Waals surface area (Å²) >= 11 is 0. The number of amidine groups is 1. The van der Waals surface area contributed by atoms with E-state index >= 15 is 0 Å². The van der Waals surface area contributed by atoms with Crippen LogP contribution in [0.25, 0.3) is 16.8 Å². The van der Waals surface area contributed by atoms with Crippen molar-refractivity contribution in [1.82, 2.24) is 4.90 Å². The van der Waals surface area contributed by atoms with Gasteiger partial charge in [-0.2, -0.15) is 0 Å². The Kier molecular flexibility index (Phi) is 6.65. The second kappa shape index (κ2) is 9.74. The van der Waals surface area contributed by atoms with Gasteiger partial charge in [0.2, 0.25) is 0 Å². The molecule has 0 aromatic heterocycles. The van der Waals surface area contributed by atoms with Crippen LogP contribution in [0.1, 0.15) is 85.4 Å². The van der Waals surface area contributed by atoms with Gasteiger partial charge in [0.25, 0.3) is 0 Å². The number of oxime groups is 1. The van der Waals surface area contributed by atoms with E-state index in [2.05, 4.69) is 93.3 Å². The van der Waals surface area contributed by atoms with Crippen molar-refractivity contribution in [1.29, 1.82) is 0 Å². The predicted molar refractivity (Wildman–Crippen MR) is 151 cm³/mol. The van der Waals surface area contributed by atoms with Gasteiger partial charge in [-0.05, 0) is 88.2 Å². The highest BCUT2D eigenvalue weighted by atomic mass is 16.4. The summed E-state index contributed by atoms with van der Waals surface area (Å²) in [6, 6.07) is 18.6. The normalized spacial score (nSPS) is 22.6. The van der Waals surface area contributed by atoms with E-state index < -0.39 is 0 Å². The molecule has 5 rings (SSSR count). The van der Waals surface area contributed by atoms with Gasteiger partial charge in [-0.1, -0.05) is 87.5 Å². The zero-order valence-corrected chi connectivity index (χ0v) is 22.2. The first-order valence-corrected chi connectivity index (χ1v) is 13.3. The van der Waals surface area contributed by atoms with E-state index in [0.29, 0.717) is 29.7 Å². The Balaban J connectivity index is 1.50. The first-order chi connectivity index (χ1) is 17.3. The van der Waals surface area contributed by atoms with Crippen molar-refractivity contribution < 1.29 is 5.21 Å². The van der Waals surface area contributed by atoms with Crippen LogP contribution in [-0.4, -0.2) is 29.5 Å². The van der Waals surface area contributed by atoms with Crippen LogP contribution in [0, 0.1) is 11.8 Å². The molecule has 1 saturated carbocycles. The molecule has 1 heterocycles. The fourth-order valence-corrected chi connectivity index (χ4v) is 6.10. The number of rotatable bonds is 6. The summed E-state index contributed by atoms with van der Waals surface area (Å²) in [6.07, 6.45) is 6.81. The fraction of sp³-hybridized carbons (Fsp3) is 0.406. The van der Waals surface area contributed by atoms with Crippen LogP contribution >= 0.6 is 0 Å². The maximum absolute atomic E-state index is 9.15. The molecular formula is C32H39N3O. The Bertz CT molecular complexity index is 1340. The van der Waals surface area contributed by atoms with Gasteiger partial charge in [0.15, 0.2) is 5.84 Å². The van der Waals surface area contributed by atoms with Crippen molar-refractivity contribution in [3.05, 3.63) is 88.0 Å². The average Bonchev–Trinajstić information content (AvgIpc) is 3.66. The molecule has 4 nitrogen and oxygen atoms in total. The molecule has 0 bridgehead atoms. The van der Waals surface area contributed by atoms with Crippen LogP contribution in [-0.2, 0) is 6.42 Å². The molecule has 3 unspecified atom stereocenters. The molecule has 3 atom stereocenters. The van der Waals surface area contributed by atoms with Crippen molar-refractivity contribution >= 4 is 22.7 Å². The SMILES string of the molecule is CC(C)C=Cc1cc(C2CC2c2ccc3c(c2)C(C(C)C)N(C)CC3)cc2ccc(C(N)=NO)cc12. The maximum Gasteiger partial charge on any atom is 0.170 e. The van der Waals surface area contributed by atoms with Crippen molar-refractivity contribution in [2.24, 2.45) is 22.7 Å². The van der Waals surface area contributed by atoms with Crippen LogP contribution in [0.15, 0.2) is 59.8 Å². The lowest BCUT2D eigenvalue weighted by Gasteiger charge is -2.37. The Labute approximate surface area is 215 Å². The van der Waals surface area contributed by atoms with Crippen molar-refractivity contribution in [2.75, 3.05) is 13.6 Å². The smallest absolute Gasteiger partial charge is 0.170 e. The Hall–Kier alpha value is -3.11. The van der Waals surface area contributed by atoms with Crippen LogP contribution in [0.4, 0.5) is 0 Å². The number of hydrogen-bond donors (Lipinski definition) is 2. The molecule has 4 heteroatoms. The summed E-state index contributed by atoms with van der Waals surface area (Å²) in [6.45, 7) is 10.2. The van der Waals surface area contributed by atoms with E-state index in [1.165, 1.54) is 39.6 Å². The quantitative estimate of drug-likeness (QED) is 0.171. The van der Waals surface area contributed by atoms with Gasteiger partial charge in [-0.3, -0.25) is 4.90 Å². The van der Waals surface area contributed by atoms with E-state index in [-0.39, 0.29) is 5.84 Å². The summed E-state index contributed by atoms with van der Waals surface area (Å²) in [5.74, 6) is 2.32. The molecule has 3 N–H and O–H groups in total. The summed E-state index contributed by atoms with van der Waals surface area (Å²) < 4.78 is 0. The molecule has 188 valence electrons. The Morgan fingerprint density at radius 1 is 1.03 bits per heavy atom. The van der Waals surface area contributed by atoms with Gasteiger partial charge in [0.05, 0.1) is 0 Å². The molecule has 3 aromatic carbocycles. The molecule has 0 radical (unpaired) electrons. The third-order valence-electron chi connectivity index (χ3n) is 8.05. The van der Waals surface area contributed by atoms with Crippen LogP contribution in [0.3, 0.4) is 0 Å². The van der Waals surface area contributed by atoms with Gasteiger partial charge in [-0.25, -0.2) is 0 Å². The molecule has 2 aliphatic rings. The minimum Gasteiger partial charge on any atom is -0.409 e. The highest BCUT2D eigenvalue weighted by molar-refractivity contribution is 6.02. The molecule has 0 amide bonds. The van der Waals surface area contributed by atoms with Crippen LogP contribution in [0.5, 0.6) is 0 Å². The van der Waals surface area contributed by atoms with Crippen molar-refractivity contribution in [3.8, 4) is 0 Å². The lowest BCUT2D eigenvalue weighted by molar-refractivity contribution is 0.181. The number of allylic oxidation sites excluding steroid dienone is 1. The highest BCUT2D eigenvalue weighted by Gasteiger charge is 2.40. The largest absolute Gasteiger partial charge is 0.409 e. The predicted octanol–water partition coefficient (Wildman–Crippen LogP) is 7.06. The van der Waals surface area contributed by atoms with Gasteiger partial charge < -0.3 is 10.9 Å². The Morgan fingerprint density at radius 3 is 2.53 bits per heavy atom. The van der Waals surface area contributed by atoms with Gasteiger partial charge in [0, 0.05) is 18.2 Å². The van der Waals surface area contributed by atoms with E-state index in [1.807, 2.05) is 12.1 Å². The average molecular weight is 482 g/mol. The number of benzene rings is 3.